The minimum absolute atomic E-state index is 0.000678. The van der Waals surface area contributed by atoms with E-state index in [4.69, 9.17) is 16.7 Å². The van der Waals surface area contributed by atoms with Gasteiger partial charge >= 0.3 is 0 Å². The van der Waals surface area contributed by atoms with Crippen LogP contribution in [0.3, 0.4) is 0 Å². The Morgan fingerprint density at radius 3 is 2.50 bits per heavy atom. The third-order valence-corrected chi connectivity index (χ3v) is 7.71. The topological polar surface area (TPSA) is 74.1 Å². The number of nitrogens with zero attached hydrogens (tertiary/aromatic N) is 3. The zero-order chi connectivity index (χ0) is 25.1. The summed E-state index contributed by atoms with van der Waals surface area (Å²) in [5.41, 5.74) is 4.88. The maximum atomic E-state index is 12.8. The molecule has 0 unspecified atom stereocenters. The molecule has 36 heavy (non-hydrogen) atoms. The number of benzene rings is 3. The summed E-state index contributed by atoms with van der Waals surface area (Å²) in [7, 11) is 0. The van der Waals surface area contributed by atoms with E-state index in [0.29, 0.717) is 22.3 Å². The Kier molecular flexibility index (Phi) is 7.20. The second kappa shape index (κ2) is 10.7. The van der Waals surface area contributed by atoms with Gasteiger partial charge in [-0.1, -0.05) is 97.0 Å². The third-order valence-electron chi connectivity index (χ3n) is 6.23. The van der Waals surface area contributed by atoms with E-state index in [-0.39, 0.29) is 24.3 Å². The normalized spacial score (nSPS) is 19.3. The van der Waals surface area contributed by atoms with Gasteiger partial charge in [-0.25, -0.2) is 5.01 Å². The Morgan fingerprint density at radius 1 is 1.06 bits per heavy atom. The van der Waals surface area contributed by atoms with Crippen LogP contribution >= 0.6 is 23.4 Å². The average Bonchev–Trinajstić information content (AvgIpc) is 3.50. The van der Waals surface area contributed by atoms with E-state index < -0.39 is 5.25 Å². The lowest BCUT2D eigenvalue weighted by atomic mass is 9.97. The molecule has 2 heterocycles. The number of aryl methyl sites for hydroxylation is 1. The second-order valence-electron chi connectivity index (χ2n) is 8.64. The number of rotatable bonds is 6. The van der Waals surface area contributed by atoms with Crippen LogP contribution in [-0.2, 0) is 16.0 Å². The van der Waals surface area contributed by atoms with Gasteiger partial charge < -0.3 is 5.32 Å². The van der Waals surface area contributed by atoms with Crippen LogP contribution in [0.4, 0.5) is 5.69 Å². The highest BCUT2D eigenvalue weighted by Crippen LogP contribution is 2.38. The van der Waals surface area contributed by atoms with E-state index in [1.807, 2.05) is 35.3 Å². The largest absolute Gasteiger partial charge is 0.325 e. The number of hydrogen-bond donors (Lipinski definition) is 1. The fraction of sp³-hybridized carbons (Fsp3) is 0.214. The number of amidine groups is 1. The first kappa shape index (κ1) is 24.3. The number of carbonyl (C=O) groups is 2. The van der Waals surface area contributed by atoms with Gasteiger partial charge in [-0.15, -0.1) is 0 Å². The molecule has 3 aromatic rings. The Morgan fingerprint density at radius 2 is 1.78 bits per heavy atom. The number of para-hydroxylation sites is 1. The van der Waals surface area contributed by atoms with Crippen molar-refractivity contribution in [2.45, 2.75) is 37.5 Å². The Hall–Kier alpha value is -3.42. The highest BCUT2D eigenvalue weighted by atomic mass is 35.5. The molecular weight excluding hydrogens is 492 g/mol. The molecule has 0 radical (unpaired) electrons. The summed E-state index contributed by atoms with van der Waals surface area (Å²) in [5.74, 6) is -0.611. The summed E-state index contributed by atoms with van der Waals surface area (Å²) >= 11 is 7.44. The molecule has 3 aromatic carbocycles. The predicted molar refractivity (Wildman–Crippen MR) is 147 cm³/mol. The van der Waals surface area contributed by atoms with Crippen molar-refractivity contribution in [1.82, 2.24) is 5.01 Å². The number of aliphatic imine (C=N–C) groups is 1. The number of hydrogen-bond acceptors (Lipinski definition) is 5. The summed E-state index contributed by atoms with van der Waals surface area (Å²) in [6.45, 7) is 2.13. The van der Waals surface area contributed by atoms with Crippen molar-refractivity contribution in [3.63, 3.8) is 0 Å². The number of halogens is 1. The first-order chi connectivity index (χ1) is 17.5. The number of nitrogens with one attached hydrogen (secondary N) is 1. The lowest BCUT2D eigenvalue weighted by Crippen LogP contribution is -2.25. The van der Waals surface area contributed by atoms with Gasteiger partial charge in [-0.05, 0) is 35.2 Å². The first-order valence-electron chi connectivity index (χ1n) is 11.9. The zero-order valence-corrected chi connectivity index (χ0v) is 21.3. The molecule has 0 aliphatic carbocycles. The van der Waals surface area contributed by atoms with Crippen molar-refractivity contribution in [2.75, 3.05) is 5.32 Å². The summed E-state index contributed by atoms with van der Waals surface area (Å²) in [6.07, 6.45) is 1.66. The van der Waals surface area contributed by atoms with Crippen LogP contribution in [0.1, 0.15) is 42.5 Å². The van der Waals surface area contributed by atoms with Crippen molar-refractivity contribution in [3.05, 3.63) is 101 Å². The quantitative estimate of drug-likeness (QED) is 0.431. The van der Waals surface area contributed by atoms with E-state index in [2.05, 4.69) is 41.5 Å². The van der Waals surface area contributed by atoms with Gasteiger partial charge in [0.25, 0.3) is 5.91 Å². The minimum atomic E-state index is -0.610. The molecule has 0 bridgehead atoms. The van der Waals surface area contributed by atoms with Gasteiger partial charge in [0.05, 0.1) is 22.5 Å². The Bertz CT molecular complexity index is 1340. The number of thioether (sulfide) groups is 1. The van der Waals surface area contributed by atoms with Gasteiger partial charge in [0.2, 0.25) is 5.91 Å². The molecule has 0 saturated heterocycles. The maximum absolute atomic E-state index is 12.8. The van der Waals surface area contributed by atoms with Gasteiger partial charge in [0.1, 0.15) is 5.25 Å². The van der Waals surface area contributed by atoms with Crippen LogP contribution in [0.15, 0.2) is 89.0 Å². The molecule has 2 aliphatic rings. The maximum Gasteiger partial charge on any atom is 0.262 e. The fourth-order valence-corrected chi connectivity index (χ4v) is 5.51. The van der Waals surface area contributed by atoms with E-state index in [9.17, 15) is 9.59 Å². The lowest BCUT2D eigenvalue weighted by molar-refractivity contribution is -0.121. The van der Waals surface area contributed by atoms with Crippen molar-refractivity contribution in [2.24, 2.45) is 10.1 Å². The molecule has 8 heteroatoms. The molecule has 2 aliphatic heterocycles. The van der Waals surface area contributed by atoms with E-state index in [1.165, 1.54) is 17.3 Å². The van der Waals surface area contributed by atoms with Crippen LogP contribution in [0, 0.1) is 0 Å². The Labute approximate surface area is 219 Å². The molecule has 5 rings (SSSR count). The smallest absolute Gasteiger partial charge is 0.262 e. The molecule has 0 fully saturated rings. The number of anilines is 1. The van der Waals surface area contributed by atoms with Crippen LogP contribution in [-0.4, -0.2) is 33.0 Å². The summed E-state index contributed by atoms with van der Waals surface area (Å²) in [5, 5.41) is 9.89. The number of amides is 2. The number of carbonyl (C=O) groups excluding carboxylic acids is 2. The highest BCUT2D eigenvalue weighted by Gasteiger charge is 2.39. The van der Waals surface area contributed by atoms with Crippen LogP contribution in [0.2, 0.25) is 5.02 Å². The molecular formula is C28H25ClN4O2S. The monoisotopic (exact) mass is 516 g/mol. The predicted octanol–water partition coefficient (Wildman–Crippen LogP) is 6.08. The van der Waals surface area contributed by atoms with Gasteiger partial charge in [0, 0.05) is 12.8 Å². The molecule has 182 valence electrons. The summed E-state index contributed by atoms with van der Waals surface area (Å²) in [6, 6.07) is 25.5. The van der Waals surface area contributed by atoms with Gasteiger partial charge in [0.15, 0.2) is 5.17 Å². The molecule has 0 aromatic heterocycles. The van der Waals surface area contributed by atoms with Crippen LogP contribution in [0.5, 0.6) is 0 Å². The molecule has 2 amide bonds. The fourth-order valence-electron chi connectivity index (χ4n) is 4.26. The van der Waals surface area contributed by atoms with Crippen LogP contribution in [0.25, 0.3) is 0 Å². The zero-order valence-electron chi connectivity index (χ0n) is 19.7. The van der Waals surface area contributed by atoms with Gasteiger partial charge in [-0.2, -0.15) is 10.1 Å². The van der Waals surface area contributed by atoms with E-state index in [1.54, 1.807) is 24.3 Å². The van der Waals surface area contributed by atoms with Crippen molar-refractivity contribution in [1.29, 1.82) is 0 Å². The lowest BCUT2D eigenvalue weighted by Gasteiger charge is -2.23. The second-order valence-corrected chi connectivity index (χ2v) is 10.2. The summed E-state index contributed by atoms with van der Waals surface area (Å²) in [4.78, 5) is 29.8. The molecule has 1 N–H and O–H groups in total. The molecule has 0 saturated carbocycles. The Balaban J connectivity index is 1.35. The first-order valence-corrected chi connectivity index (χ1v) is 13.1. The van der Waals surface area contributed by atoms with Crippen molar-refractivity contribution < 1.29 is 9.59 Å². The SMILES string of the molecule is CCc1ccc([C@H]2CC(c3ccccc3)=NN2C2=NC(=O)[C@H](CC(=O)Nc3ccccc3Cl)S2)cc1. The number of hydrazone groups is 1. The highest BCUT2D eigenvalue weighted by molar-refractivity contribution is 8.15. The minimum Gasteiger partial charge on any atom is -0.325 e. The summed E-state index contributed by atoms with van der Waals surface area (Å²) < 4.78 is 0. The van der Waals surface area contributed by atoms with Crippen molar-refractivity contribution in [3.8, 4) is 0 Å². The van der Waals surface area contributed by atoms with Crippen LogP contribution < -0.4 is 5.32 Å². The van der Waals surface area contributed by atoms with Gasteiger partial charge in [-0.3, -0.25) is 9.59 Å². The molecule has 2 atom stereocenters. The third kappa shape index (κ3) is 5.22. The molecule has 0 spiro atoms. The van der Waals surface area contributed by atoms with E-state index >= 15 is 0 Å². The van der Waals surface area contributed by atoms with E-state index in [0.717, 1.165) is 23.3 Å². The standard InChI is InChI=1S/C28H25ClN4O2S/c1-2-18-12-14-20(15-13-18)24-16-23(19-8-4-3-5-9-19)32-33(24)28-31-27(35)25(36-28)17-26(34)30-22-11-7-6-10-21(22)29/h3-15,24-25H,2,16-17H2,1H3,(H,30,34)/t24-,25+/m1/s1. The van der Waals surface area contributed by atoms with Crippen molar-refractivity contribution >= 4 is 51.7 Å². The average molecular weight is 517 g/mol. The molecule has 6 nitrogen and oxygen atoms in total.